The highest BCUT2D eigenvalue weighted by atomic mass is 32.2. The minimum absolute atomic E-state index is 0.164. The highest BCUT2D eigenvalue weighted by Gasteiger charge is 2.31. The number of hydrogen-bond acceptors (Lipinski definition) is 4. The number of hydrogen-bond donors (Lipinski definition) is 0. The summed E-state index contributed by atoms with van der Waals surface area (Å²) in [4.78, 5) is 17.3. The fourth-order valence-electron chi connectivity index (χ4n) is 3.27. The lowest BCUT2D eigenvalue weighted by atomic mass is 9.79. The van der Waals surface area contributed by atoms with Crippen LogP contribution in [0.25, 0.3) is 0 Å². The Bertz CT molecular complexity index is 875. The molecule has 0 bridgehead atoms. The number of esters is 1. The number of carbonyl (C=O) groups is 1. The van der Waals surface area contributed by atoms with E-state index in [1.54, 1.807) is 19.1 Å². The lowest BCUT2D eigenvalue weighted by Crippen LogP contribution is -2.26. The molecular weight excluding hydrogens is 342 g/mol. The van der Waals surface area contributed by atoms with Crippen molar-refractivity contribution in [3.05, 3.63) is 58.9 Å². The molecule has 1 aromatic heterocycles. The molecule has 0 saturated heterocycles. The molecule has 1 unspecified atom stereocenters. The first-order valence-electron chi connectivity index (χ1n) is 8.85. The van der Waals surface area contributed by atoms with Crippen molar-refractivity contribution in [2.45, 2.75) is 49.7 Å². The number of ether oxygens (including phenoxy) is 1. The molecule has 3 rings (SSSR count). The summed E-state index contributed by atoms with van der Waals surface area (Å²) in [6.45, 7) is 9.02. The maximum absolute atomic E-state index is 11.7. The first-order valence-corrected chi connectivity index (χ1v) is 9.73. The second-order valence-corrected chi connectivity index (χ2v) is 8.61. The third kappa shape index (κ3) is 4.11. The van der Waals surface area contributed by atoms with Gasteiger partial charge in [-0.1, -0.05) is 26.7 Å². The average Bonchev–Trinajstić information content (AvgIpc) is 2.60. The summed E-state index contributed by atoms with van der Waals surface area (Å²) in [5, 5.41) is 0.636. The van der Waals surface area contributed by atoms with Crippen LogP contribution in [-0.4, -0.2) is 22.8 Å². The van der Waals surface area contributed by atoms with Crippen LogP contribution in [0.3, 0.4) is 0 Å². The van der Waals surface area contributed by atoms with Crippen molar-refractivity contribution in [2.24, 2.45) is 0 Å². The molecule has 2 heterocycles. The Kier molecular flexibility index (Phi) is 5.38. The van der Waals surface area contributed by atoms with E-state index in [2.05, 4.69) is 55.8 Å². The maximum Gasteiger partial charge on any atom is 0.339 e. The van der Waals surface area contributed by atoms with Gasteiger partial charge in [0.2, 0.25) is 0 Å². The second kappa shape index (κ2) is 7.55. The van der Waals surface area contributed by atoms with E-state index in [9.17, 15) is 4.79 Å². The van der Waals surface area contributed by atoms with Crippen LogP contribution in [-0.2, 0) is 10.2 Å². The van der Waals surface area contributed by atoms with Crippen molar-refractivity contribution in [3.8, 4) is 11.8 Å². The van der Waals surface area contributed by atoms with Gasteiger partial charge in [-0.2, -0.15) is 0 Å². The van der Waals surface area contributed by atoms with E-state index < -0.39 is 0 Å². The van der Waals surface area contributed by atoms with E-state index in [1.165, 1.54) is 23.1 Å². The minimum atomic E-state index is -0.358. The molecule has 0 fully saturated rings. The van der Waals surface area contributed by atoms with E-state index >= 15 is 0 Å². The van der Waals surface area contributed by atoms with Crippen LogP contribution < -0.4 is 0 Å². The van der Waals surface area contributed by atoms with Crippen molar-refractivity contribution < 1.29 is 9.53 Å². The van der Waals surface area contributed by atoms with Gasteiger partial charge in [0.1, 0.15) is 5.69 Å². The fourth-order valence-corrected chi connectivity index (χ4v) is 4.81. The minimum Gasteiger partial charge on any atom is -0.462 e. The predicted octanol–water partition coefficient (Wildman–Crippen LogP) is 4.82. The number of nitrogens with zero attached hydrogens (tertiary/aromatic N) is 1. The standard InChI is InChI=1S/C22H23NO2S/c1-5-25-21(24)17-8-10-18(23-14-17)9-6-16-7-11-20-19(12-16)22(3,4)13-15(2)26-20/h7-8,10-12,14-15H,5,13H2,1-4H3. The van der Waals surface area contributed by atoms with Crippen molar-refractivity contribution in [1.82, 2.24) is 4.98 Å². The molecule has 0 radical (unpaired) electrons. The molecule has 2 aromatic rings. The van der Waals surface area contributed by atoms with Crippen LogP contribution in [0.1, 0.15) is 61.3 Å². The summed E-state index contributed by atoms with van der Waals surface area (Å²) in [5.74, 6) is 5.92. The van der Waals surface area contributed by atoms with Crippen molar-refractivity contribution in [3.63, 3.8) is 0 Å². The molecule has 1 atom stereocenters. The maximum atomic E-state index is 11.7. The monoisotopic (exact) mass is 365 g/mol. The normalized spacial score (nSPS) is 17.6. The number of carbonyl (C=O) groups excluding carboxylic acids is 1. The Morgan fingerprint density at radius 3 is 2.81 bits per heavy atom. The first-order chi connectivity index (χ1) is 12.4. The summed E-state index contributed by atoms with van der Waals surface area (Å²) < 4.78 is 4.96. The molecule has 0 aliphatic carbocycles. The Morgan fingerprint density at radius 2 is 2.12 bits per heavy atom. The third-order valence-corrected chi connectivity index (χ3v) is 5.62. The van der Waals surface area contributed by atoms with Gasteiger partial charge < -0.3 is 4.74 Å². The van der Waals surface area contributed by atoms with Crippen LogP contribution in [0.5, 0.6) is 0 Å². The van der Waals surface area contributed by atoms with Gasteiger partial charge in [-0.25, -0.2) is 9.78 Å². The highest BCUT2D eigenvalue weighted by molar-refractivity contribution is 8.00. The van der Waals surface area contributed by atoms with Crippen LogP contribution in [0.15, 0.2) is 41.4 Å². The van der Waals surface area contributed by atoms with Crippen molar-refractivity contribution >= 4 is 17.7 Å². The van der Waals surface area contributed by atoms with E-state index in [0.29, 0.717) is 23.1 Å². The summed E-state index contributed by atoms with van der Waals surface area (Å²) in [6.07, 6.45) is 2.68. The van der Waals surface area contributed by atoms with Gasteiger partial charge in [0, 0.05) is 21.9 Å². The summed E-state index contributed by atoms with van der Waals surface area (Å²) >= 11 is 1.94. The van der Waals surface area contributed by atoms with Gasteiger partial charge in [0.05, 0.1) is 12.2 Å². The second-order valence-electron chi connectivity index (χ2n) is 7.13. The average molecular weight is 365 g/mol. The summed E-state index contributed by atoms with van der Waals surface area (Å²) in [7, 11) is 0. The third-order valence-electron chi connectivity index (χ3n) is 4.44. The van der Waals surface area contributed by atoms with Crippen LogP contribution in [0, 0.1) is 11.8 Å². The quantitative estimate of drug-likeness (QED) is 0.565. The highest BCUT2D eigenvalue weighted by Crippen LogP contribution is 2.45. The topological polar surface area (TPSA) is 39.2 Å². The van der Waals surface area contributed by atoms with Gasteiger partial charge in [0.15, 0.2) is 0 Å². The van der Waals surface area contributed by atoms with Crippen LogP contribution >= 0.6 is 11.8 Å². The molecule has 0 spiro atoms. The van der Waals surface area contributed by atoms with Crippen LogP contribution in [0.4, 0.5) is 0 Å². The summed E-state index contributed by atoms with van der Waals surface area (Å²) in [6, 6.07) is 9.90. The van der Waals surface area contributed by atoms with Crippen molar-refractivity contribution in [2.75, 3.05) is 6.61 Å². The number of fused-ring (bicyclic) bond motifs is 1. The molecule has 0 amide bonds. The zero-order valence-corrected chi connectivity index (χ0v) is 16.4. The molecule has 0 saturated carbocycles. The lowest BCUT2D eigenvalue weighted by Gasteiger charge is -2.35. The van der Waals surface area contributed by atoms with Gasteiger partial charge in [-0.15, -0.1) is 11.8 Å². The SMILES string of the molecule is CCOC(=O)c1ccc(C#Cc2ccc3c(c2)C(C)(C)CC(C)S3)nc1. The molecule has 0 N–H and O–H groups in total. The first kappa shape index (κ1) is 18.5. The van der Waals surface area contributed by atoms with E-state index in [1.807, 2.05) is 11.8 Å². The fraction of sp³-hybridized carbons (Fsp3) is 0.364. The largest absolute Gasteiger partial charge is 0.462 e. The molecule has 1 aromatic carbocycles. The van der Waals surface area contributed by atoms with Gasteiger partial charge >= 0.3 is 5.97 Å². The molecule has 134 valence electrons. The predicted molar refractivity (Wildman–Crippen MR) is 106 cm³/mol. The Labute approximate surface area is 159 Å². The Balaban J connectivity index is 1.82. The number of rotatable bonds is 2. The van der Waals surface area contributed by atoms with Crippen molar-refractivity contribution in [1.29, 1.82) is 0 Å². The summed E-state index contributed by atoms with van der Waals surface area (Å²) in [5.41, 5.74) is 3.61. The van der Waals surface area contributed by atoms with E-state index in [0.717, 1.165) is 5.56 Å². The number of benzene rings is 1. The zero-order chi connectivity index (χ0) is 18.7. The molecule has 4 heteroatoms. The van der Waals surface area contributed by atoms with Crippen LogP contribution in [0.2, 0.25) is 0 Å². The molecule has 26 heavy (non-hydrogen) atoms. The van der Waals surface area contributed by atoms with Gasteiger partial charge in [-0.05, 0) is 60.6 Å². The molecule has 1 aliphatic rings. The van der Waals surface area contributed by atoms with E-state index in [4.69, 9.17) is 4.74 Å². The van der Waals surface area contributed by atoms with E-state index in [-0.39, 0.29) is 11.4 Å². The van der Waals surface area contributed by atoms with Gasteiger partial charge in [0.25, 0.3) is 0 Å². The molecule has 1 aliphatic heterocycles. The molecule has 3 nitrogen and oxygen atoms in total. The number of thioether (sulfide) groups is 1. The van der Waals surface area contributed by atoms with Gasteiger partial charge in [-0.3, -0.25) is 0 Å². The Morgan fingerprint density at radius 1 is 1.31 bits per heavy atom. The Hall–Kier alpha value is -2.25. The molecular formula is C22H23NO2S. The number of aromatic nitrogens is 1. The number of pyridine rings is 1. The lowest BCUT2D eigenvalue weighted by molar-refractivity contribution is 0.0526. The smallest absolute Gasteiger partial charge is 0.339 e. The zero-order valence-electron chi connectivity index (χ0n) is 15.6.